The highest BCUT2D eigenvalue weighted by atomic mass is 16.8. The number of hydroxylamine groups is 2. The number of carbonyl (C=O) groups excluding carboxylic acids is 6. The number of aliphatic hydroxyl groups is 1. The first kappa shape index (κ1) is 50.2. The van der Waals surface area contributed by atoms with Crippen LogP contribution in [0.3, 0.4) is 0 Å². The van der Waals surface area contributed by atoms with E-state index in [-0.39, 0.29) is 44.5 Å². The fourth-order valence-corrected chi connectivity index (χ4v) is 10.2. The minimum Gasteiger partial charge on any atom is -0.462 e. The molecular weight excluding hydrogens is 927 g/mol. The fourth-order valence-electron chi connectivity index (χ4n) is 10.2. The number of fused-ring (bicyclic) bond motifs is 4. The summed E-state index contributed by atoms with van der Waals surface area (Å²) in [5, 5.41) is 17.4. The number of cyclic esters (lactones) is 1. The summed E-state index contributed by atoms with van der Waals surface area (Å²) in [6.45, 7) is 8.62. The Bertz CT molecular complexity index is 2680. The summed E-state index contributed by atoms with van der Waals surface area (Å²) in [4.78, 5) is 87.2. The summed E-state index contributed by atoms with van der Waals surface area (Å²) >= 11 is 0. The van der Waals surface area contributed by atoms with Crippen LogP contribution in [0, 0.1) is 10.8 Å². The van der Waals surface area contributed by atoms with Crippen molar-refractivity contribution >= 4 is 41.8 Å². The molecule has 5 fully saturated rings. The van der Waals surface area contributed by atoms with Crippen LogP contribution in [0.15, 0.2) is 115 Å². The molecule has 4 heterocycles. The maximum Gasteiger partial charge on any atom is 0.348 e. The van der Waals surface area contributed by atoms with Crippen LogP contribution in [0.5, 0.6) is 0 Å². The number of nitrogens with one attached hydrogen (secondary N) is 2. The number of carbonyl (C=O) groups is 6. The molecule has 4 aromatic carbocycles. The predicted octanol–water partition coefficient (Wildman–Crippen LogP) is 5.21. The topological polar surface area (TPSA) is 215 Å². The first-order valence-corrected chi connectivity index (χ1v) is 24.1. The molecule has 4 aliphatic heterocycles. The lowest BCUT2D eigenvalue weighted by atomic mass is 9.62. The number of hydrogen-bond donors (Lipinski definition) is 3. The summed E-state index contributed by atoms with van der Waals surface area (Å²) in [5.41, 5.74) is 0.728. The van der Waals surface area contributed by atoms with Gasteiger partial charge in [-0.3, -0.25) is 24.0 Å². The van der Waals surface area contributed by atoms with Crippen LogP contribution in [-0.2, 0) is 76.1 Å². The van der Waals surface area contributed by atoms with E-state index in [0.717, 1.165) is 0 Å². The van der Waals surface area contributed by atoms with Gasteiger partial charge in [0.25, 0.3) is 5.91 Å². The Kier molecular flexibility index (Phi) is 14.0. The predicted molar refractivity (Wildman–Crippen MR) is 256 cm³/mol. The summed E-state index contributed by atoms with van der Waals surface area (Å²) in [5.74, 6) is -4.81. The Balaban J connectivity index is 0.964. The average Bonchev–Trinajstić information content (AvgIpc) is 4.02. The van der Waals surface area contributed by atoms with Gasteiger partial charge >= 0.3 is 23.9 Å². The number of esters is 4. The molecule has 17 nitrogen and oxygen atoms in total. The lowest BCUT2D eigenvalue weighted by Gasteiger charge is -2.48. The van der Waals surface area contributed by atoms with Gasteiger partial charge in [0.2, 0.25) is 17.8 Å². The molecule has 3 N–H and O–H groups in total. The molecule has 2 amide bonds. The monoisotopic (exact) mass is 985 g/mol. The fraction of sp³-hybridized carbons (Fsp3) is 0.418. The largest absolute Gasteiger partial charge is 0.462 e. The van der Waals surface area contributed by atoms with Gasteiger partial charge in [0.1, 0.15) is 42.0 Å². The van der Waals surface area contributed by atoms with Crippen molar-refractivity contribution in [1.29, 1.82) is 0 Å². The molecule has 0 spiro atoms. The molecule has 9 rings (SSSR count). The summed E-state index contributed by atoms with van der Waals surface area (Å²) in [7, 11) is 0. The van der Waals surface area contributed by atoms with E-state index >= 15 is 4.79 Å². The van der Waals surface area contributed by atoms with Gasteiger partial charge in [-0.1, -0.05) is 111 Å². The van der Waals surface area contributed by atoms with Gasteiger partial charge in [-0.05, 0) is 62.1 Å². The molecule has 2 bridgehead atoms. The SMILES string of the molecule is CC(C)(C)OC(=O)CCC(CO)NC(=O)c1cccc(CNC(=O)C23CC4OC(=O)C2N(Cc2ccc(C=CC(=O)OC5C(=O)OCC5(C)C)cc2)OC3C2OC(c3ccccc3)(c3ccccc3)OC42)c1. The van der Waals surface area contributed by atoms with Crippen LogP contribution < -0.4 is 10.6 Å². The number of rotatable bonds is 16. The van der Waals surface area contributed by atoms with Crippen LogP contribution in [0.1, 0.15) is 92.1 Å². The molecule has 8 unspecified atom stereocenters. The first-order chi connectivity index (χ1) is 34.4. The van der Waals surface area contributed by atoms with E-state index in [1.807, 2.05) is 60.7 Å². The number of amides is 2. The Hall–Kier alpha value is -6.76. The molecule has 378 valence electrons. The van der Waals surface area contributed by atoms with Crippen LogP contribution in [0.2, 0.25) is 0 Å². The van der Waals surface area contributed by atoms with Crippen molar-refractivity contribution in [2.24, 2.45) is 10.8 Å². The Morgan fingerprint density at radius 1 is 0.861 bits per heavy atom. The second-order valence-electron chi connectivity index (χ2n) is 20.6. The van der Waals surface area contributed by atoms with E-state index in [4.69, 9.17) is 33.3 Å². The van der Waals surface area contributed by atoms with Crippen molar-refractivity contribution in [3.05, 3.63) is 149 Å². The van der Waals surface area contributed by atoms with Crippen molar-refractivity contribution in [3.63, 3.8) is 0 Å². The van der Waals surface area contributed by atoms with Gasteiger partial charge in [0.15, 0.2) is 6.04 Å². The zero-order valence-electron chi connectivity index (χ0n) is 40.7. The third-order valence-electron chi connectivity index (χ3n) is 13.7. The lowest BCUT2D eigenvalue weighted by molar-refractivity contribution is -0.213. The molecule has 4 aromatic rings. The van der Waals surface area contributed by atoms with Crippen molar-refractivity contribution in [1.82, 2.24) is 15.7 Å². The highest BCUT2D eigenvalue weighted by Crippen LogP contribution is 2.59. The van der Waals surface area contributed by atoms with Crippen molar-refractivity contribution in [3.8, 4) is 0 Å². The zero-order valence-corrected chi connectivity index (χ0v) is 40.7. The van der Waals surface area contributed by atoms with Crippen molar-refractivity contribution in [2.45, 2.75) is 121 Å². The standard InChI is InChI=1S/C55H59N3O14/c1-52(2,3)69-42(61)26-24-39(31-59)57-48(62)36-14-12-13-35(27-36)29-56-51(65)54-28-40-43-44(71-55(70-43,37-15-8-6-9-16-37)38-17-10-7-11-18-38)46(54)72-58(45(54)49(63)67-40)30-34-21-19-33(20-22-34)23-25-41(60)68-47-50(64)66-32-53(47,4)5/h6-23,25,27,39-40,43-47,59H,24,26,28-32H2,1-5H3,(H,56,65)(H,57,62). The van der Waals surface area contributed by atoms with Crippen LogP contribution in [0.4, 0.5) is 0 Å². The Morgan fingerprint density at radius 3 is 2.18 bits per heavy atom. The summed E-state index contributed by atoms with van der Waals surface area (Å²) in [6, 6.07) is 30.7. The minimum absolute atomic E-state index is 0.00260. The number of ether oxygens (including phenoxy) is 6. The van der Waals surface area contributed by atoms with E-state index < -0.39 is 107 Å². The van der Waals surface area contributed by atoms with Gasteiger partial charge in [-0.15, -0.1) is 0 Å². The van der Waals surface area contributed by atoms with Gasteiger partial charge in [-0.25, -0.2) is 9.59 Å². The van der Waals surface area contributed by atoms with Crippen molar-refractivity contribution in [2.75, 3.05) is 13.2 Å². The second-order valence-corrected chi connectivity index (χ2v) is 20.6. The van der Waals surface area contributed by atoms with Crippen molar-refractivity contribution < 1.29 is 67.1 Å². The molecule has 4 saturated heterocycles. The Morgan fingerprint density at radius 2 is 1.54 bits per heavy atom. The normalized spacial score (nSPS) is 26.2. The maximum atomic E-state index is 15.2. The summed E-state index contributed by atoms with van der Waals surface area (Å²) in [6.07, 6.45) is -1.71. The summed E-state index contributed by atoms with van der Waals surface area (Å²) < 4.78 is 36.2. The van der Waals surface area contributed by atoms with Crippen LogP contribution >= 0.6 is 0 Å². The highest BCUT2D eigenvalue weighted by Gasteiger charge is 2.76. The van der Waals surface area contributed by atoms with Gasteiger partial charge < -0.3 is 44.2 Å². The molecular formula is C55H59N3O14. The van der Waals surface area contributed by atoms with E-state index in [9.17, 15) is 29.1 Å². The smallest absolute Gasteiger partial charge is 0.348 e. The highest BCUT2D eigenvalue weighted by molar-refractivity contribution is 5.95. The number of benzene rings is 4. The number of nitrogens with zero attached hydrogens (tertiary/aromatic N) is 1. The minimum atomic E-state index is -1.55. The molecule has 0 radical (unpaired) electrons. The quantitative estimate of drug-likeness (QED) is 0.0747. The lowest BCUT2D eigenvalue weighted by Crippen LogP contribution is -2.69. The first-order valence-electron chi connectivity index (χ1n) is 24.1. The average molecular weight is 986 g/mol. The zero-order chi connectivity index (χ0) is 51.0. The molecule has 0 aromatic heterocycles. The Labute approximate surface area is 417 Å². The van der Waals surface area contributed by atoms with Gasteiger partial charge in [-0.2, -0.15) is 5.06 Å². The molecule has 17 heteroatoms. The molecule has 1 aliphatic carbocycles. The van der Waals surface area contributed by atoms with E-state index in [0.29, 0.717) is 27.8 Å². The molecule has 72 heavy (non-hydrogen) atoms. The van der Waals surface area contributed by atoms with Crippen LogP contribution in [-0.4, -0.2) is 107 Å². The third-order valence-corrected chi connectivity index (χ3v) is 13.7. The van der Waals surface area contributed by atoms with Crippen LogP contribution in [0.25, 0.3) is 6.08 Å². The molecule has 1 saturated carbocycles. The van der Waals surface area contributed by atoms with E-state index in [1.165, 1.54) is 11.1 Å². The third kappa shape index (κ3) is 10.0. The molecule has 8 atom stereocenters. The van der Waals surface area contributed by atoms with Gasteiger partial charge in [0, 0.05) is 47.6 Å². The van der Waals surface area contributed by atoms with Gasteiger partial charge in [0.05, 0.1) is 19.2 Å². The maximum absolute atomic E-state index is 15.2. The van der Waals surface area contributed by atoms with E-state index in [2.05, 4.69) is 10.6 Å². The van der Waals surface area contributed by atoms with E-state index in [1.54, 1.807) is 89.2 Å². The number of aliphatic hydroxyl groups excluding tert-OH is 1. The number of hydrogen-bond acceptors (Lipinski definition) is 15. The molecule has 5 aliphatic rings. The second kappa shape index (κ2) is 20.0.